The van der Waals surface area contributed by atoms with Crippen LogP contribution in [-0.4, -0.2) is 19.7 Å². The van der Waals surface area contributed by atoms with Crippen molar-refractivity contribution in [1.82, 2.24) is 0 Å². The first-order valence-corrected chi connectivity index (χ1v) is 5.38. The van der Waals surface area contributed by atoms with Gasteiger partial charge in [0.2, 0.25) is 0 Å². The summed E-state index contributed by atoms with van der Waals surface area (Å²) in [6, 6.07) is 5.05. The Labute approximate surface area is 102 Å². The Balaban J connectivity index is 3.28. The maximum atomic E-state index is 11.6. The molecule has 0 amide bonds. The van der Waals surface area contributed by atoms with E-state index in [4.69, 9.17) is 14.7 Å². The second-order valence-electron chi connectivity index (χ2n) is 2.86. The van der Waals surface area contributed by atoms with Gasteiger partial charge in [0.05, 0.1) is 24.8 Å². The molecule has 0 spiro atoms. The van der Waals surface area contributed by atoms with Gasteiger partial charge in [-0.3, -0.25) is 0 Å². The summed E-state index contributed by atoms with van der Waals surface area (Å²) in [6.45, 7) is 1.98. The van der Waals surface area contributed by atoms with Crippen LogP contribution in [0.25, 0.3) is 0 Å². The fourth-order valence-corrected chi connectivity index (χ4v) is 1.80. The Morgan fingerprint density at radius 3 is 2.75 bits per heavy atom. The zero-order valence-electron chi connectivity index (χ0n) is 8.91. The quantitative estimate of drug-likeness (QED) is 0.800. The first-order valence-electron chi connectivity index (χ1n) is 4.58. The van der Waals surface area contributed by atoms with Crippen LogP contribution in [0.5, 0.6) is 5.75 Å². The van der Waals surface area contributed by atoms with Crippen molar-refractivity contribution in [3.05, 3.63) is 27.7 Å². The molecule has 0 saturated heterocycles. The number of nitriles is 1. The molecule has 5 heteroatoms. The number of rotatable bonds is 3. The van der Waals surface area contributed by atoms with Crippen LogP contribution in [0.3, 0.4) is 0 Å². The predicted molar refractivity (Wildman–Crippen MR) is 61.4 cm³/mol. The molecular weight excluding hydrogens is 274 g/mol. The molecule has 0 aliphatic rings. The zero-order chi connectivity index (χ0) is 12.1. The van der Waals surface area contributed by atoms with Gasteiger partial charge in [-0.2, -0.15) is 5.26 Å². The Kier molecular flexibility index (Phi) is 4.32. The third-order valence-corrected chi connectivity index (χ3v) is 2.52. The van der Waals surface area contributed by atoms with Gasteiger partial charge in [-0.1, -0.05) is 0 Å². The van der Waals surface area contributed by atoms with E-state index in [0.717, 1.165) is 0 Å². The lowest BCUT2D eigenvalue weighted by Gasteiger charge is -2.08. The molecule has 4 nitrogen and oxygen atoms in total. The molecule has 0 bridgehead atoms. The summed E-state index contributed by atoms with van der Waals surface area (Å²) >= 11 is 3.22. The molecule has 0 atom stereocenters. The van der Waals surface area contributed by atoms with E-state index in [9.17, 15) is 4.79 Å². The molecule has 1 aromatic rings. The lowest BCUT2D eigenvalue weighted by molar-refractivity contribution is 0.0525. The van der Waals surface area contributed by atoms with Crippen LogP contribution in [-0.2, 0) is 4.74 Å². The van der Waals surface area contributed by atoms with E-state index in [1.807, 2.05) is 6.07 Å². The van der Waals surface area contributed by atoms with E-state index < -0.39 is 5.97 Å². The highest BCUT2D eigenvalue weighted by atomic mass is 79.9. The molecule has 1 aromatic carbocycles. The van der Waals surface area contributed by atoms with Gasteiger partial charge in [0.1, 0.15) is 11.8 Å². The molecule has 0 saturated carbocycles. The molecule has 0 aliphatic carbocycles. The standard InChI is InChI=1S/C11H10BrNO3/c1-3-16-11(14)10-7(6-13)4-8(15-2)5-9(10)12/h4-5H,3H2,1-2H3. The van der Waals surface area contributed by atoms with Crippen molar-refractivity contribution in [3.8, 4) is 11.8 Å². The van der Waals surface area contributed by atoms with Crippen LogP contribution in [0.15, 0.2) is 16.6 Å². The summed E-state index contributed by atoms with van der Waals surface area (Å²) in [4.78, 5) is 11.6. The van der Waals surface area contributed by atoms with Crippen molar-refractivity contribution in [2.24, 2.45) is 0 Å². The smallest absolute Gasteiger partial charge is 0.340 e. The van der Waals surface area contributed by atoms with Gasteiger partial charge in [-0.05, 0) is 35.0 Å². The Morgan fingerprint density at radius 2 is 2.25 bits per heavy atom. The van der Waals surface area contributed by atoms with Crippen molar-refractivity contribution >= 4 is 21.9 Å². The van der Waals surface area contributed by atoms with E-state index in [-0.39, 0.29) is 17.7 Å². The maximum Gasteiger partial charge on any atom is 0.340 e. The molecule has 1 rings (SSSR count). The summed E-state index contributed by atoms with van der Waals surface area (Å²) in [5, 5.41) is 8.95. The molecule has 0 aliphatic heterocycles. The third kappa shape index (κ3) is 2.52. The molecular formula is C11H10BrNO3. The second kappa shape index (κ2) is 5.52. The van der Waals surface area contributed by atoms with E-state index in [0.29, 0.717) is 10.2 Å². The van der Waals surface area contributed by atoms with E-state index in [1.165, 1.54) is 13.2 Å². The number of esters is 1. The van der Waals surface area contributed by atoms with Gasteiger partial charge < -0.3 is 9.47 Å². The number of halogens is 1. The number of nitrogens with zero attached hydrogens (tertiary/aromatic N) is 1. The van der Waals surface area contributed by atoms with Crippen LogP contribution in [0, 0.1) is 11.3 Å². The predicted octanol–water partition coefficient (Wildman–Crippen LogP) is 2.51. The van der Waals surface area contributed by atoms with Crippen molar-refractivity contribution in [1.29, 1.82) is 5.26 Å². The minimum Gasteiger partial charge on any atom is -0.497 e. The van der Waals surface area contributed by atoms with Gasteiger partial charge in [-0.25, -0.2) is 4.79 Å². The number of hydrogen-bond donors (Lipinski definition) is 0. The number of benzene rings is 1. The molecule has 0 N–H and O–H groups in total. The molecule has 0 unspecified atom stereocenters. The van der Waals surface area contributed by atoms with E-state index in [2.05, 4.69) is 15.9 Å². The SMILES string of the molecule is CCOC(=O)c1c(Br)cc(OC)cc1C#N. The summed E-state index contributed by atoms with van der Waals surface area (Å²) in [7, 11) is 1.49. The molecule has 0 aromatic heterocycles. The largest absolute Gasteiger partial charge is 0.497 e. The zero-order valence-corrected chi connectivity index (χ0v) is 10.5. The summed E-state index contributed by atoms with van der Waals surface area (Å²) in [5.74, 6) is -0.00921. The average molecular weight is 284 g/mol. The molecule has 0 heterocycles. The minimum atomic E-state index is -0.520. The molecule has 0 fully saturated rings. The number of carbonyl (C=O) groups is 1. The fraction of sp³-hybridized carbons (Fsp3) is 0.273. The summed E-state index contributed by atoms with van der Waals surface area (Å²) < 4.78 is 10.4. The lowest BCUT2D eigenvalue weighted by atomic mass is 10.1. The monoisotopic (exact) mass is 283 g/mol. The molecule has 0 radical (unpaired) electrons. The Morgan fingerprint density at radius 1 is 1.56 bits per heavy atom. The molecule has 84 valence electrons. The first-order chi connectivity index (χ1) is 7.63. The Hall–Kier alpha value is -1.54. The minimum absolute atomic E-state index is 0.227. The third-order valence-electron chi connectivity index (χ3n) is 1.90. The highest BCUT2D eigenvalue weighted by molar-refractivity contribution is 9.10. The van der Waals surface area contributed by atoms with Crippen molar-refractivity contribution in [2.75, 3.05) is 13.7 Å². The Bertz CT molecular complexity index is 451. The number of ether oxygens (including phenoxy) is 2. The van der Waals surface area contributed by atoms with E-state index >= 15 is 0 Å². The highest BCUT2D eigenvalue weighted by Crippen LogP contribution is 2.27. The number of carbonyl (C=O) groups excluding carboxylic acids is 1. The summed E-state index contributed by atoms with van der Waals surface area (Å²) in [6.07, 6.45) is 0. The molecule has 16 heavy (non-hydrogen) atoms. The summed E-state index contributed by atoms with van der Waals surface area (Å²) in [5.41, 5.74) is 0.454. The maximum absolute atomic E-state index is 11.6. The van der Waals surface area contributed by atoms with Crippen molar-refractivity contribution in [2.45, 2.75) is 6.92 Å². The van der Waals surface area contributed by atoms with Crippen LogP contribution >= 0.6 is 15.9 Å². The van der Waals surface area contributed by atoms with Crippen LogP contribution in [0.4, 0.5) is 0 Å². The van der Waals surface area contributed by atoms with Crippen LogP contribution < -0.4 is 4.74 Å². The fourth-order valence-electron chi connectivity index (χ4n) is 1.20. The first kappa shape index (κ1) is 12.5. The normalized spacial score (nSPS) is 9.38. The van der Waals surface area contributed by atoms with Gasteiger partial charge in [0.15, 0.2) is 0 Å². The van der Waals surface area contributed by atoms with Crippen LogP contribution in [0.2, 0.25) is 0 Å². The van der Waals surface area contributed by atoms with E-state index in [1.54, 1.807) is 13.0 Å². The highest BCUT2D eigenvalue weighted by Gasteiger charge is 2.18. The van der Waals surface area contributed by atoms with Gasteiger partial charge in [0.25, 0.3) is 0 Å². The number of methoxy groups -OCH3 is 1. The van der Waals surface area contributed by atoms with Crippen molar-refractivity contribution < 1.29 is 14.3 Å². The number of hydrogen-bond acceptors (Lipinski definition) is 4. The van der Waals surface area contributed by atoms with Gasteiger partial charge >= 0.3 is 5.97 Å². The van der Waals surface area contributed by atoms with Gasteiger partial charge in [0, 0.05) is 4.47 Å². The second-order valence-corrected chi connectivity index (χ2v) is 3.72. The van der Waals surface area contributed by atoms with Crippen LogP contribution in [0.1, 0.15) is 22.8 Å². The topological polar surface area (TPSA) is 59.3 Å². The van der Waals surface area contributed by atoms with Crippen molar-refractivity contribution in [3.63, 3.8) is 0 Å². The average Bonchev–Trinajstić information content (AvgIpc) is 2.27. The van der Waals surface area contributed by atoms with Gasteiger partial charge in [-0.15, -0.1) is 0 Å². The lowest BCUT2D eigenvalue weighted by Crippen LogP contribution is -2.08.